The van der Waals surface area contributed by atoms with Crippen LogP contribution in [0.25, 0.3) is 0 Å². The molecule has 1 aliphatic carbocycles. The van der Waals surface area contributed by atoms with Crippen molar-refractivity contribution in [3.05, 3.63) is 121 Å². The Bertz CT molecular complexity index is 1690. The van der Waals surface area contributed by atoms with Crippen LogP contribution in [0, 0.1) is 0 Å². The van der Waals surface area contributed by atoms with E-state index in [4.69, 9.17) is 13.9 Å². The minimum absolute atomic E-state index is 0.0123. The Hall–Kier alpha value is -4.02. The van der Waals surface area contributed by atoms with Crippen molar-refractivity contribution in [3.8, 4) is 11.5 Å². The van der Waals surface area contributed by atoms with Crippen molar-refractivity contribution in [2.75, 3.05) is 20.2 Å². The Labute approximate surface area is 338 Å². The van der Waals surface area contributed by atoms with E-state index in [1.54, 1.807) is 18.0 Å². The molecular formula is C47H67N3O5Si. The highest BCUT2D eigenvalue weighted by atomic mass is 28.4. The van der Waals surface area contributed by atoms with Gasteiger partial charge in [-0.25, -0.2) is 0 Å². The van der Waals surface area contributed by atoms with Crippen LogP contribution in [0.1, 0.15) is 101 Å². The van der Waals surface area contributed by atoms with Gasteiger partial charge in [-0.15, -0.1) is 13.2 Å². The number of unbranched alkanes of at least 4 members (excludes halogenated alkanes) is 2. The van der Waals surface area contributed by atoms with Crippen LogP contribution in [0.3, 0.4) is 0 Å². The first kappa shape index (κ1) is 44.7. The molecular weight excluding hydrogens is 715 g/mol. The minimum Gasteiger partial charge on any atom is -0.457 e. The number of carbonyl (C=O) groups is 2. The maximum Gasteiger partial charge on any atom is 0.243 e. The molecule has 304 valence electrons. The van der Waals surface area contributed by atoms with Gasteiger partial charge in [0.1, 0.15) is 17.5 Å². The first-order chi connectivity index (χ1) is 26.8. The Kier molecular flexibility index (Phi) is 17.1. The van der Waals surface area contributed by atoms with Crippen molar-refractivity contribution < 1.29 is 23.5 Å². The predicted molar refractivity (Wildman–Crippen MR) is 231 cm³/mol. The van der Waals surface area contributed by atoms with Crippen LogP contribution < -0.4 is 15.4 Å². The summed E-state index contributed by atoms with van der Waals surface area (Å²) in [5, 5.41) is 7.27. The number of rotatable bonds is 23. The van der Waals surface area contributed by atoms with E-state index in [-0.39, 0.29) is 41.1 Å². The Morgan fingerprint density at radius 3 is 2.29 bits per heavy atom. The summed E-state index contributed by atoms with van der Waals surface area (Å²) >= 11 is 0. The number of para-hydroxylation sites is 1. The van der Waals surface area contributed by atoms with E-state index in [0.29, 0.717) is 38.8 Å². The molecule has 0 aliphatic heterocycles. The fourth-order valence-corrected chi connectivity index (χ4v) is 8.35. The summed E-state index contributed by atoms with van der Waals surface area (Å²) in [5.74, 6) is 1.35. The molecule has 0 fully saturated rings. The molecule has 9 heteroatoms. The molecule has 2 unspecified atom stereocenters. The van der Waals surface area contributed by atoms with E-state index in [0.717, 1.165) is 53.9 Å². The SMILES string of the molecule is C=CCC[C@@H](C(=O)N[C@@H](Cc1ccccc1)[C@H](CNC1CC(OCC=C)c2ccc(Oc3ccccc3)cc21)O[Si](C)(C)C(C)(C)C)N(C)C(=O)CCCCC. The van der Waals surface area contributed by atoms with Gasteiger partial charge in [0.05, 0.1) is 24.9 Å². The standard InChI is InChI=1S/C47H67N3O5Si/c1-10-13-17-27-45(51)50(7)42(26-14-11-2)46(52)49-41(31-35-22-18-15-19-23-35)44(55-56(8,9)47(4,5)6)34-48-40-33-43(53-30-12-3)38-29-28-37(32-39(38)40)54-36-24-20-16-21-25-36/h11-12,15-16,18-25,28-29,32,40-44,48H,2-3,10,13-14,17,26-27,30-31,33-34H2,1,4-9H3,(H,49,52)/t40?,41-,42-,43?,44-/m0/s1. The third-order valence-electron chi connectivity index (χ3n) is 11.3. The van der Waals surface area contributed by atoms with Gasteiger partial charge in [-0.05, 0) is 91.2 Å². The number of carbonyl (C=O) groups excluding carboxylic acids is 2. The van der Waals surface area contributed by atoms with E-state index < -0.39 is 14.4 Å². The number of hydrogen-bond donors (Lipinski definition) is 2. The molecule has 3 aromatic rings. The Balaban J connectivity index is 1.69. The zero-order valence-electron chi connectivity index (χ0n) is 35.0. The molecule has 56 heavy (non-hydrogen) atoms. The second kappa shape index (κ2) is 21.5. The lowest BCUT2D eigenvalue weighted by atomic mass is 9.99. The van der Waals surface area contributed by atoms with Crippen molar-refractivity contribution in [1.82, 2.24) is 15.5 Å². The average molecular weight is 782 g/mol. The second-order valence-electron chi connectivity index (χ2n) is 16.6. The lowest BCUT2D eigenvalue weighted by molar-refractivity contribution is -0.139. The molecule has 0 bridgehead atoms. The van der Waals surface area contributed by atoms with E-state index in [1.807, 2.05) is 60.7 Å². The van der Waals surface area contributed by atoms with Crippen molar-refractivity contribution in [3.63, 3.8) is 0 Å². The van der Waals surface area contributed by atoms with Gasteiger partial charge in [-0.1, -0.05) is 107 Å². The van der Waals surface area contributed by atoms with Crippen molar-refractivity contribution in [2.24, 2.45) is 0 Å². The van der Waals surface area contributed by atoms with Crippen LogP contribution in [0.4, 0.5) is 0 Å². The zero-order chi connectivity index (χ0) is 40.7. The molecule has 0 heterocycles. The molecule has 5 atom stereocenters. The second-order valence-corrected chi connectivity index (χ2v) is 21.3. The zero-order valence-corrected chi connectivity index (χ0v) is 36.0. The number of allylic oxidation sites excluding steroid dienone is 1. The Morgan fingerprint density at radius 2 is 1.64 bits per heavy atom. The van der Waals surface area contributed by atoms with Gasteiger partial charge in [0.25, 0.3) is 0 Å². The average Bonchev–Trinajstić information content (AvgIpc) is 3.52. The largest absolute Gasteiger partial charge is 0.457 e. The third kappa shape index (κ3) is 12.7. The quantitative estimate of drug-likeness (QED) is 0.0566. The van der Waals surface area contributed by atoms with E-state index in [1.165, 1.54) is 0 Å². The molecule has 0 radical (unpaired) electrons. The van der Waals surface area contributed by atoms with Crippen LogP contribution in [0.5, 0.6) is 11.5 Å². The minimum atomic E-state index is -2.36. The highest BCUT2D eigenvalue weighted by Gasteiger charge is 2.42. The molecule has 0 saturated heterocycles. The summed E-state index contributed by atoms with van der Waals surface area (Å²) in [6.07, 6.45) is 8.76. The van der Waals surface area contributed by atoms with Gasteiger partial charge in [-0.3, -0.25) is 9.59 Å². The highest BCUT2D eigenvalue weighted by molar-refractivity contribution is 6.74. The first-order valence-corrected chi connectivity index (χ1v) is 23.4. The molecule has 0 aromatic heterocycles. The van der Waals surface area contributed by atoms with E-state index in [2.05, 4.69) is 88.8 Å². The van der Waals surface area contributed by atoms with Crippen molar-refractivity contribution in [1.29, 1.82) is 0 Å². The van der Waals surface area contributed by atoms with Crippen LogP contribution in [-0.2, 0) is 25.2 Å². The number of hydrogen-bond acceptors (Lipinski definition) is 6. The number of ether oxygens (including phenoxy) is 2. The summed E-state index contributed by atoms with van der Waals surface area (Å²) in [5.41, 5.74) is 3.34. The third-order valence-corrected chi connectivity index (χ3v) is 15.8. The number of likely N-dealkylation sites (N-methyl/N-ethyl adjacent to an activating group) is 1. The number of fused-ring (bicyclic) bond motifs is 1. The molecule has 2 N–H and O–H groups in total. The first-order valence-electron chi connectivity index (χ1n) is 20.5. The van der Waals surface area contributed by atoms with Crippen molar-refractivity contribution in [2.45, 2.75) is 128 Å². The van der Waals surface area contributed by atoms with Gasteiger partial charge in [0.15, 0.2) is 8.32 Å². The van der Waals surface area contributed by atoms with Crippen LogP contribution in [0.2, 0.25) is 18.1 Å². The number of nitrogens with one attached hydrogen (secondary N) is 2. The van der Waals surface area contributed by atoms with Gasteiger partial charge >= 0.3 is 0 Å². The smallest absolute Gasteiger partial charge is 0.243 e. The fraction of sp³-hybridized carbons (Fsp3) is 0.489. The van der Waals surface area contributed by atoms with Crippen molar-refractivity contribution >= 4 is 20.1 Å². The maximum absolute atomic E-state index is 14.5. The summed E-state index contributed by atoms with van der Waals surface area (Å²) < 4.78 is 19.9. The van der Waals surface area contributed by atoms with Crippen LogP contribution in [-0.4, -0.2) is 63.4 Å². The molecule has 4 rings (SSSR count). The van der Waals surface area contributed by atoms with Crippen LogP contribution in [0.15, 0.2) is 104 Å². The van der Waals surface area contributed by atoms with Gasteiger partial charge < -0.3 is 29.4 Å². The Morgan fingerprint density at radius 1 is 0.946 bits per heavy atom. The molecule has 0 saturated carbocycles. The summed E-state index contributed by atoms with van der Waals surface area (Å²) in [4.78, 5) is 29.5. The van der Waals surface area contributed by atoms with Crippen LogP contribution >= 0.6 is 0 Å². The maximum atomic E-state index is 14.5. The number of amides is 2. The van der Waals surface area contributed by atoms with Gasteiger partial charge in [0, 0.05) is 26.1 Å². The topological polar surface area (TPSA) is 89.1 Å². The fourth-order valence-electron chi connectivity index (χ4n) is 6.99. The summed E-state index contributed by atoms with van der Waals surface area (Å²) in [6, 6.07) is 25.2. The van der Waals surface area contributed by atoms with E-state index in [9.17, 15) is 9.59 Å². The lowest BCUT2D eigenvalue weighted by Crippen LogP contribution is -2.58. The molecule has 2 amide bonds. The monoisotopic (exact) mass is 781 g/mol. The molecule has 1 aliphatic rings. The highest BCUT2D eigenvalue weighted by Crippen LogP contribution is 2.43. The normalized spacial score (nSPS) is 17.0. The number of nitrogens with zero attached hydrogens (tertiary/aromatic N) is 1. The molecule has 3 aromatic carbocycles. The summed E-state index contributed by atoms with van der Waals surface area (Å²) in [7, 11) is -0.601. The van der Waals surface area contributed by atoms with E-state index >= 15 is 0 Å². The summed E-state index contributed by atoms with van der Waals surface area (Å²) in [6.45, 7) is 22.1. The molecule has 0 spiro atoms. The molecule has 8 nitrogen and oxygen atoms in total. The number of benzene rings is 3. The van der Waals surface area contributed by atoms with Gasteiger partial charge in [0.2, 0.25) is 11.8 Å². The van der Waals surface area contributed by atoms with Gasteiger partial charge in [-0.2, -0.15) is 0 Å². The lowest BCUT2D eigenvalue weighted by Gasteiger charge is -2.42. The predicted octanol–water partition coefficient (Wildman–Crippen LogP) is 10.2.